The lowest BCUT2D eigenvalue weighted by atomic mass is 9.83. The topological polar surface area (TPSA) is 68.7 Å². The molecule has 3 heterocycles. The molecule has 0 aromatic carbocycles. The van der Waals surface area contributed by atoms with Gasteiger partial charge in [-0.2, -0.15) is 4.31 Å². The summed E-state index contributed by atoms with van der Waals surface area (Å²) in [6.07, 6.45) is 4.28. The monoisotopic (exact) mass is 326 g/mol. The van der Waals surface area contributed by atoms with Crippen molar-refractivity contribution in [3.8, 4) is 5.75 Å². The highest BCUT2D eigenvalue weighted by Gasteiger charge is 2.56. The molecular formula is C15H22N2O4S. The Bertz CT molecular complexity index is 612. The lowest BCUT2D eigenvalue weighted by Gasteiger charge is -2.49. The molecule has 1 unspecified atom stereocenters. The summed E-state index contributed by atoms with van der Waals surface area (Å²) in [6.45, 7) is 5.48. The maximum absolute atomic E-state index is 12.2. The minimum absolute atomic E-state index is 0.214. The summed E-state index contributed by atoms with van der Waals surface area (Å²) < 4.78 is 37.5. The molecule has 1 spiro atoms. The minimum Gasteiger partial charge on any atom is -0.492 e. The Labute approximate surface area is 131 Å². The second kappa shape index (κ2) is 5.79. The zero-order chi connectivity index (χ0) is 15.8. The van der Waals surface area contributed by atoms with Gasteiger partial charge in [0.2, 0.25) is 10.0 Å². The van der Waals surface area contributed by atoms with Crippen LogP contribution in [0.25, 0.3) is 0 Å². The van der Waals surface area contributed by atoms with Crippen LogP contribution in [0.5, 0.6) is 5.75 Å². The van der Waals surface area contributed by atoms with Crippen LogP contribution >= 0.6 is 0 Å². The normalized spacial score (nSPS) is 24.6. The fourth-order valence-corrected chi connectivity index (χ4v) is 4.42. The van der Waals surface area contributed by atoms with Crippen LogP contribution in [-0.4, -0.2) is 54.9 Å². The first-order chi connectivity index (χ1) is 10.4. The highest BCUT2D eigenvalue weighted by molar-refractivity contribution is 7.89. The van der Waals surface area contributed by atoms with E-state index >= 15 is 0 Å². The van der Waals surface area contributed by atoms with Crippen molar-refractivity contribution in [3.05, 3.63) is 24.5 Å². The van der Waals surface area contributed by atoms with E-state index in [1.54, 1.807) is 26.2 Å². The smallest absolute Gasteiger partial charge is 0.216 e. The molecule has 6 nitrogen and oxygen atoms in total. The molecule has 1 atom stereocenters. The number of sulfonamides is 1. The molecule has 0 saturated carbocycles. The van der Waals surface area contributed by atoms with Crippen molar-refractivity contribution in [1.82, 2.24) is 9.29 Å². The van der Waals surface area contributed by atoms with Gasteiger partial charge in [0.05, 0.1) is 18.1 Å². The van der Waals surface area contributed by atoms with Gasteiger partial charge in [0, 0.05) is 31.8 Å². The Kier molecular flexibility index (Phi) is 4.13. The van der Waals surface area contributed by atoms with Gasteiger partial charge in [-0.25, -0.2) is 8.42 Å². The summed E-state index contributed by atoms with van der Waals surface area (Å²) in [4.78, 5) is 4.02. The molecule has 0 aliphatic carbocycles. The summed E-state index contributed by atoms with van der Waals surface area (Å²) in [7, 11) is -3.19. The number of hydrogen-bond acceptors (Lipinski definition) is 5. The van der Waals surface area contributed by atoms with Gasteiger partial charge in [-0.15, -0.1) is 0 Å². The number of rotatable bonds is 5. The van der Waals surface area contributed by atoms with Crippen LogP contribution in [-0.2, 0) is 14.8 Å². The SMILES string of the molecule is CC(C)S(=O)(=O)N1CC2(C1)OCCC2COc1cccnc1. The molecule has 0 N–H and O–H groups in total. The first kappa shape index (κ1) is 15.7. The Balaban J connectivity index is 1.61. The van der Waals surface area contributed by atoms with Gasteiger partial charge in [0.15, 0.2) is 0 Å². The molecule has 122 valence electrons. The lowest BCUT2D eigenvalue weighted by molar-refractivity contribution is -0.107. The van der Waals surface area contributed by atoms with E-state index in [0.717, 1.165) is 12.2 Å². The predicted octanol–water partition coefficient (Wildman–Crippen LogP) is 1.29. The third-order valence-electron chi connectivity index (χ3n) is 4.53. The molecule has 0 bridgehead atoms. The molecule has 0 amide bonds. The van der Waals surface area contributed by atoms with Crippen LogP contribution in [0, 0.1) is 5.92 Å². The van der Waals surface area contributed by atoms with Gasteiger partial charge in [-0.3, -0.25) is 4.98 Å². The maximum atomic E-state index is 12.2. The van der Waals surface area contributed by atoms with Crippen LogP contribution in [0.1, 0.15) is 20.3 Å². The largest absolute Gasteiger partial charge is 0.492 e. The molecular weight excluding hydrogens is 304 g/mol. The number of pyridine rings is 1. The van der Waals surface area contributed by atoms with Crippen molar-refractivity contribution in [2.75, 3.05) is 26.3 Å². The van der Waals surface area contributed by atoms with Gasteiger partial charge >= 0.3 is 0 Å². The molecule has 22 heavy (non-hydrogen) atoms. The average molecular weight is 326 g/mol. The maximum Gasteiger partial charge on any atom is 0.216 e. The van der Waals surface area contributed by atoms with Crippen LogP contribution in [0.3, 0.4) is 0 Å². The van der Waals surface area contributed by atoms with E-state index in [2.05, 4.69) is 4.98 Å². The minimum atomic E-state index is -3.19. The second-order valence-corrected chi connectivity index (χ2v) is 8.75. The van der Waals surface area contributed by atoms with E-state index in [9.17, 15) is 8.42 Å². The predicted molar refractivity (Wildman–Crippen MR) is 82.2 cm³/mol. The van der Waals surface area contributed by atoms with Crippen molar-refractivity contribution < 1.29 is 17.9 Å². The molecule has 0 radical (unpaired) electrons. The van der Waals surface area contributed by atoms with E-state index in [-0.39, 0.29) is 11.5 Å². The Morgan fingerprint density at radius 2 is 2.27 bits per heavy atom. The van der Waals surface area contributed by atoms with Gasteiger partial charge in [-0.1, -0.05) is 0 Å². The van der Waals surface area contributed by atoms with Crippen LogP contribution in [0.15, 0.2) is 24.5 Å². The van der Waals surface area contributed by atoms with E-state index in [1.807, 2.05) is 12.1 Å². The van der Waals surface area contributed by atoms with Crippen molar-refractivity contribution in [2.24, 2.45) is 5.92 Å². The lowest BCUT2D eigenvalue weighted by Crippen LogP contribution is -2.67. The third-order valence-corrected chi connectivity index (χ3v) is 6.70. The van der Waals surface area contributed by atoms with Crippen molar-refractivity contribution >= 4 is 10.0 Å². The summed E-state index contributed by atoms with van der Waals surface area (Å²) >= 11 is 0. The van der Waals surface area contributed by atoms with Gasteiger partial charge in [0.1, 0.15) is 11.4 Å². The van der Waals surface area contributed by atoms with E-state index < -0.39 is 15.3 Å². The summed E-state index contributed by atoms with van der Waals surface area (Å²) in [6, 6.07) is 3.70. The number of ether oxygens (including phenoxy) is 2. The first-order valence-corrected chi connectivity index (χ1v) is 9.10. The average Bonchev–Trinajstić information content (AvgIpc) is 2.88. The number of hydrogen-bond donors (Lipinski definition) is 0. The zero-order valence-corrected chi connectivity index (χ0v) is 13.8. The summed E-state index contributed by atoms with van der Waals surface area (Å²) in [5.41, 5.74) is -0.371. The van der Waals surface area contributed by atoms with E-state index in [1.165, 1.54) is 4.31 Å². The Morgan fingerprint density at radius 3 is 2.91 bits per heavy atom. The summed E-state index contributed by atoms with van der Waals surface area (Å²) in [5.74, 6) is 0.946. The van der Waals surface area contributed by atoms with E-state index in [0.29, 0.717) is 26.3 Å². The second-order valence-electron chi connectivity index (χ2n) is 6.26. The van der Waals surface area contributed by atoms with Crippen molar-refractivity contribution in [1.29, 1.82) is 0 Å². The van der Waals surface area contributed by atoms with Gasteiger partial charge in [-0.05, 0) is 32.4 Å². The van der Waals surface area contributed by atoms with Gasteiger partial charge < -0.3 is 9.47 Å². The fourth-order valence-electron chi connectivity index (χ4n) is 3.03. The molecule has 7 heteroatoms. The van der Waals surface area contributed by atoms with Crippen LogP contribution in [0.2, 0.25) is 0 Å². The van der Waals surface area contributed by atoms with Crippen LogP contribution < -0.4 is 4.74 Å². The number of nitrogens with zero attached hydrogens (tertiary/aromatic N) is 2. The molecule has 1 aromatic heterocycles. The molecule has 2 fully saturated rings. The Morgan fingerprint density at radius 1 is 1.50 bits per heavy atom. The third kappa shape index (κ3) is 2.73. The van der Waals surface area contributed by atoms with E-state index in [4.69, 9.17) is 9.47 Å². The molecule has 2 aliphatic rings. The summed E-state index contributed by atoms with van der Waals surface area (Å²) in [5, 5.41) is -0.392. The van der Waals surface area contributed by atoms with Crippen LogP contribution in [0.4, 0.5) is 0 Å². The number of aromatic nitrogens is 1. The highest BCUT2D eigenvalue weighted by atomic mass is 32.2. The van der Waals surface area contributed by atoms with Gasteiger partial charge in [0.25, 0.3) is 0 Å². The molecule has 3 rings (SSSR count). The first-order valence-electron chi connectivity index (χ1n) is 7.60. The fraction of sp³-hybridized carbons (Fsp3) is 0.667. The van der Waals surface area contributed by atoms with Crippen molar-refractivity contribution in [2.45, 2.75) is 31.1 Å². The molecule has 1 aromatic rings. The standard InChI is InChI=1S/C15H22N2O4S/c1-12(2)22(18,19)17-10-15(11-17)13(5-7-21-15)9-20-14-4-3-6-16-8-14/h3-4,6,8,12-13H,5,7,9-11H2,1-2H3. The molecule has 2 aliphatic heterocycles. The zero-order valence-electron chi connectivity index (χ0n) is 12.9. The van der Waals surface area contributed by atoms with Crippen molar-refractivity contribution in [3.63, 3.8) is 0 Å². The molecule has 2 saturated heterocycles. The Hall–Kier alpha value is -1.18. The highest BCUT2D eigenvalue weighted by Crippen LogP contribution is 2.41. The quantitative estimate of drug-likeness (QED) is 0.815.